The van der Waals surface area contributed by atoms with E-state index in [0.717, 1.165) is 5.69 Å². The number of benzene rings is 1. The highest BCUT2D eigenvalue weighted by Gasteiger charge is 2.11. The monoisotopic (exact) mass is 287 g/mol. The van der Waals surface area contributed by atoms with Crippen LogP contribution in [0.2, 0.25) is 0 Å². The topological polar surface area (TPSA) is 72.5 Å². The molecule has 0 bridgehead atoms. The van der Waals surface area contributed by atoms with Crippen LogP contribution in [0.4, 0.5) is 11.4 Å². The molecule has 0 radical (unpaired) electrons. The summed E-state index contributed by atoms with van der Waals surface area (Å²) in [6.07, 6.45) is 1.60. The van der Waals surface area contributed by atoms with Crippen molar-refractivity contribution in [3.8, 4) is 11.5 Å². The Morgan fingerprint density at radius 3 is 2.52 bits per heavy atom. The van der Waals surface area contributed by atoms with Crippen LogP contribution >= 0.6 is 0 Å². The van der Waals surface area contributed by atoms with Crippen molar-refractivity contribution in [3.63, 3.8) is 0 Å². The summed E-state index contributed by atoms with van der Waals surface area (Å²) >= 11 is 0. The molecular formula is C15H17N3O3. The highest BCUT2D eigenvalue weighted by Crippen LogP contribution is 2.29. The number of ether oxygens (including phenoxy) is 2. The summed E-state index contributed by atoms with van der Waals surface area (Å²) < 4.78 is 10.4. The second-order valence-electron chi connectivity index (χ2n) is 4.20. The molecule has 110 valence electrons. The first-order chi connectivity index (χ1) is 10.2. The first-order valence-corrected chi connectivity index (χ1v) is 6.35. The van der Waals surface area contributed by atoms with Crippen LogP contribution in [0.1, 0.15) is 10.5 Å². The molecule has 2 N–H and O–H groups in total. The molecule has 0 fully saturated rings. The van der Waals surface area contributed by atoms with Gasteiger partial charge in [-0.3, -0.25) is 4.79 Å². The third kappa shape index (κ3) is 3.42. The quantitative estimate of drug-likeness (QED) is 0.883. The molecule has 1 amide bonds. The van der Waals surface area contributed by atoms with Gasteiger partial charge in [-0.1, -0.05) is 0 Å². The van der Waals surface area contributed by atoms with Gasteiger partial charge in [-0.25, -0.2) is 4.98 Å². The minimum absolute atomic E-state index is 0.305. The lowest BCUT2D eigenvalue weighted by Gasteiger charge is -2.11. The fourth-order valence-electron chi connectivity index (χ4n) is 1.76. The van der Waals surface area contributed by atoms with Crippen LogP contribution in [-0.4, -0.2) is 32.2 Å². The average Bonchev–Trinajstić information content (AvgIpc) is 2.55. The van der Waals surface area contributed by atoms with Crippen LogP contribution < -0.4 is 20.1 Å². The Morgan fingerprint density at radius 1 is 1.14 bits per heavy atom. The molecule has 0 atom stereocenters. The maximum absolute atomic E-state index is 12.2. The van der Waals surface area contributed by atoms with Gasteiger partial charge in [-0.15, -0.1) is 0 Å². The fraction of sp³-hybridized carbons (Fsp3) is 0.200. The van der Waals surface area contributed by atoms with Crippen LogP contribution in [0.15, 0.2) is 36.5 Å². The van der Waals surface area contributed by atoms with E-state index in [1.54, 1.807) is 50.7 Å². The molecule has 0 aliphatic heterocycles. The van der Waals surface area contributed by atoms with Gasteiger partial charge in [0.15, 0.2) is 0 Å². The van der Waals surface area contributed by atoms with Crippen molar-refractivity contribution in [2.24, 2.45) is 0 Å². The van der Waals surface area contributed by atoms with Crippen LogP contribution in [0.25, 0.3) is 0 Å². The van der Waals surface area contributed by atoms with E-state index >= 15 is 0 Å². The zero-order valence-electron chi connectivity index (χ0n) is 12.1. The van der Waals surface area contributed by atoms with Crippen molar-refractivity contribution < 1.29 is 14.3 Å². The Hall–Kier alpha value is -2.76. The molecule has 0 spiro atoms. The SMILES string of the molecule is CNc1ccc(C(=O)Nc2ccc(OC)cc2OC)nc1. The highest BCUT2D eigenvalue weighted by atomic mass is 16.5. The fourth-order valence-corrected chi connectivity index (χ4v) is 1.76. The van der Waals surface area contributed by atoms with Crippen LogP contribution in [0.3, 0.4) is 0 Å². The van der Waals surface area contributed by atoms with E-state index in [9.17, 15) is 4.79 Å². The lowest BCUT2D eigenvalue weighted by atomic mass is 10.2. The summed E-state index contributed by atoms with van der Waals surface area (Å²) in [4.78, 5) is 16.3. The van der Waals surface area contributed by atoms with Gasteiger partial charge >= 0.3 is 0 Å². The number of methoxy groups -OCH3 is 2. The second kappa shape index (κ2) is 6.60. The molecule has 2 rings (SSSR count). The molecule has 1 aromatic heterocycles. The third-order valence-corrected chi connectivity index (χ3v) is 2.94. The Balaban J connectivity index is 2.18. The Labute approximate surface area is 123 Å². The van der Waals surface area contributed by atoms with E-state index in [-0.39, 0.29) is 5.91 Å². The molecule has 0 unspecified atom stereocenters. The number of rotatable bonds is 5. The van der Waals surface area contributed by atoms with Gasteiger partial charge in [-0.05, 0) is 24.3 Å². The van der Waals surface area contributed by atoms with E-state index in [1.807, 2.05) is 0 Å². The lowest BCUT2D eigenvalue weighted by Crippen LogP contribution is -2.14. The number of hydrogen-bond donors (Lipinski definition) is 2. The maximum Gasteiger partial charge on any atom is 0.274 e. The summed E-state index contributed by atoms with van der Waals surface area (Å²) in [6.45, 7) is 0. The summed E-state index contributed by atoms with van der Waals surface area (Å²) in [6, 6.07) is 8.60. The van der Waals surface area contributed by atoms with Crippen molar-refractivity contribution in [2.75, 3.05) is 31.9 Å². The largest absolute Gasteiger partial charge is 0.497 e. The second-order valence-corrected chi connectivity index (χ2v) is 4.20. The summed E-state index contributed by atoms with van der Waals surface area (Å²) in [7, 11) is 4.89. The van der Waals surface area contributed by atoms with E-state index < -0.39 is 0 Å². The molecule has 1 heterocycles. The van der Waals surface area contributed by atoms with Crippen molar-refractivity contribution >= 4 is 17.3 Å². The van der Waals surface area contributed by atoms with Gasteiger partial charge in [0.1, 0.15) is 17.2 Å². The number of pyridine rings is 1. The van der Waals surface area contributed by atoms with Gasteiger partial charge in [0, 0.05) is 13.1 Å². The number of carbonyl (C=O) groups is 1. The van der Waals surface area contributed by atoms with E-state index in [1.165, 1.54) is 7.11 Å². The van der Waals surface area contributed by atoms with Gasteiger partial charge in [0.05, 0.1) is 31.8 Å². The first kappa shape index (κ1) is 14.6. The predicted molar refractivity (Wildman–Crippen MR) is 81.3 cm³/mol. The minimum atomic E-state index is -0.305. The predicted octanol–water partition coefficient (Wildman–Crippen LogP) is 2.39. The van der Waals surface area contributed by atoms with Gasteiger partial charge < -0.3 is 20.1 Å². The molecule has 6 nitrogen and oxygen atoms in total. The van der Waals surface area contributed by atoms with Crippen molar-refractivity contribution in [3.05, 3.63) is 42.2 Å². The standard InChI is InChI=1S/C15H17N3O3/c1-16-10-4-6-13(17-9-10)15(19)18-12-7-5-11(20-2)8-14(12)21-3/h4-9,16H,1-3H3,(H,18,19). The normalized spacial score (nSPS) is 9.86. The smallest absolute Gasteiger partial charge is 0.274 e. The molecular weight excluding hydrogens is 270 g/mol. The maximum atomic E-state index is 12.2. The van der Waals surface area contributed by atoms with Crippen molar-refractivity contribution in [1.82, 2.24) is 4.98 Å². The molecule has 0 saturated heterocycles. The number of anilines is 2. The van der Waals surface area contributed by atoms with Gasteiger partial charge in [0.25, 0.3) is 5.91 Å². The molecule has 6 heteroatoms. The zero-order chi connectivity index (χ0) is 15.2. The lowest BCUT2D eigenvalue weighted by molar-refractivity contribution is 0.102. The Bertz CT molecular complexity index is 627. The number of nitrogens with one attached hydrogen (secondary N) is 2. The minimum Gasteiger partial charge on any atom is -0.497 e. The number of hydrogen-bond acceptors (Lipinski definition) is 5. The Morgan fingerprint density at radius 2 is 1.95 bits per heavy atom. The van der Waals surface area contributed by atoms with Crippen molar-refractivity contribution in [2.45, 2.75) is 0 Å². The molecule has 0 saturated carbocycles. The molecule has 0 aliphatic carbocycles. The number of aromatic nitrogens is 1. The van der Waals surface area contributed by atoms with Crippen LogP contribution in [0, 0.1) is 0 Å². The third-order valence-electron chi connectivity index (χ3n) is 2.94. The molecule has 2 aromatic rings. The van der Waals surface area contributed by atoms with E-state index in [2.05, 4.69) is 15.6 Å². The van der Waals surface area contributed by atoms with Gasteiger partial charge in [0.2, 0.25) is 0 Å². The first-order valence-electron chi connectivity index (χ1n) is 6.35. The van der Waals surface area contributed by atoms with Crippen LogP contribution in [0.5, 0.6) is 11.5 Å². The molecule has 21 heavy (non-hydrogen) atoms. The average molecular weight is 287 g/mol. The number of nitrogens with zero attached hydrogens (tertiary/aromatic N) is 1. The zero-order valence-corrected chi connectivity index (χ0v) is 12.1. The molecule has 1 aromatic carbocycles. The number of carbonyl (C=O) groups excluding carboxylic acids is 1. The van der Waals surface area contributed by atoms with Crippen molar-refractivity contribution in [1.29, 1.82) is 0 Å². The summed E-state index contributed by atoms with van der Waals surface area (Å²) in [5.74, 6) is 0.872. The number of amides is 1. The highest BCUT2D eigenvalue weighted by molar-refractivity contribution is 6.03. The van der Waals surface area contributed by atoms with E-state index in [0.29, 0.717) is 22.9 Å². The summed E-state index contributed by atoms with van der Waals surface area (Å²) in [5.41, 5.74) is 1.73. The Kier molecular flexibility index (Phi) is 4.61. The van der Waals surface area contributed by atoms with E-state index in [4.69, 9.17) is 9.47 Å². The van der Waals surface area contributed by atoms with Gasteiger partial charge in [-0.2, -0.15) is 0 Å². The summed E-state index contributed by atoms with van der Waals surface area (Å²) in [5, 5.41) is 5.71. The molecule has 0 aliphatic rings. The van der Waals surface area contributed by atoms with Crippen LogP contribution in [-0.2, 0) is 0 Å².